The Morgan fingerprint density at radius 3 is 2.47 bits per heavy atom. The van der Waals surface area contributed by atoms with Gasteiger partial charge in [-0.05, 0) is 20.0 Å². The largest absolute Gasteiger partial charge is 0.508 e. The molecule has 4 heteroatoms. The minimum atomic E-state index is 0.170. The van der Waals surface area contributed by atoms with Gasteiger partial charge in [-0.25, -0.2) is 0 Å². The van der Waals surface area contributed by atoms with Gasteiger partial charge in [0.25, 0.3) is 0 Å². The number of phenolic OH excluding ortho intramolecular Hbond substituents is 1. The summed E-state index contributed by atoms with van der Waals surface area (Å²) in [5.74, 6) is 0.387. The summed E-state index contributed by atoms with van der Waals surface area (Å²) < 4.78 is 0. The van der Waals surface area contributed by atoms with E-state index in [-0.39, 0.29) is 6.04 Å². The molecule has 0 radical (unpaired) electrons. The van der Waals surface area contributed by atoms with Crippen LogP contribution in [0, 0.1) is 0 Å². The monoisotopic (exact) mass is 280 g/mol. The number of nitrogens with one attached hydrogen (secondary N) is 1. The first-order valence-electron chi connectivity index (χ1n) is 6.92. The first-order chi connectivity index (χ1) is 9.01. The number of phenols is 1. The van der Waals surface area contributed by atoms with Crippen LogP contribution in [0.2, 0.25) is 0 Å². The van der Waals surface area contributed by atoms with E-state index in [0.29, 0.717) is 16.2 Å². The fourth-order valence-electron chi connectivity index (χ4n) is 2.64. The summed E-state index contributed by atoms with van der Waals surface area (Å²) in [5, 5.41) is 14.6. The van der Waals surface area contributed by atoms with Crippen molar-refractivity contribution in [3.8, 4) is 5.75 Å². The predicted molar refractivity (Wildman–Crippen MR) is 84.3 cm³/mol. The van der Waals surface area contributed by atoms with Crippen LogP contribution in [0.25, 0.3) is 0 Å². The van der Waals surface area contributed by atoms with Gasteiger partial charge in [-0.3, -0.25) is 0 Å². The molecule has 1 heterocycles. The molecule has 1 aromatic carbocycles. The van der Waals surface area contributed by atoms with Crippen LogP contribution in [0.5, 0.6) is 5.75 Å². The van der Waals surface area contributed by atoms with Gasteiger partial charge < -0.3 is 15.3 Å². The average Bonchev–Trinajstić information content (AvgIpc) is 2.36. The number of anilines is 1. The van der Waals surface area contributed by atoms with Gasteiger partial charge in [-0.15, -0.1) is 0 Å². The molecule has 3 atom stereocenters. The summed E-state index contributed by atoms with van der Waals surface area (Å²) >= 11 is 2.04. The number of thioether (sulfide) groups is 1. The normalized spacial score (nSPS) is 25.4. The Hall–Kier alpha value is -0.870. The molecule has 106 valence electrons. The number of hydrogen-bond acceptors (Lipinski definition) is 4. The van der Waals surface area contributed by atoms with Gasteiger partial charge >= 0.3 is 0 Å². The molecular formula is C15H24N2OS. The van der Waals surface area contributed by atoms with Crippen LogP contribution in [-0.4, -0.2) is 35.7 Å². The van der Waals surface area contributed by atoms with Crippen molar-refractivity contribution in [1.29, 1.82) is 0 Å². The molecule has 2 N–H and O–H groups in total. The SMILES string of the molecule is CNC(C)c1ccc(N2CC(C)SC(C)C2)cc1O. The molecule has 0 aliphatic carbocycles. The van der Waals surface area contributed by atoms with Crippen molar-refractivity contribution in [1.82, 2.24) is 5.32 Å². The van der Waals surface area contributed by atoms with Crippen molar-refractivity contribution in [2.24, 2.45) is 0 Å². The van der Waals surface area contributed by atoms with Gasteiger partial charge in [0.05, 0.1) is 0 Å². The zero-order valence-electron chi connectivity index (χ0n) is 12.2. The maximum absolute atomic E-state index is 10.2. The molecule has 0 bridgehead atoms. The van der Waals surface area contributed by atoms with E-state index in [1.165, 1.54) is 0 Å². The standard InChI is InChI=1S/C15H24N2OS/c1-10-8-17(9-11(2)19-10)13-5-6-14(12(3)16-4)15(18)7-13/h5-7,10-12,16,18H,8-9H2,1-4H3. The Labute approximate surface area is 120 Å². The molecule has 1 saturated heterocycles. The first-order valence-corrected chi connectivity index (χ1v) is 7.86. The Morgan fingerprint density at radius 2 is 1.95 bits per heavy atom. The van der Waals surface area contributed by atoms with E-state index >= 15 is 0 Å². The molecule has 2 rings (SSSR count). The molecule has 0 spiro atoms. The first kappa shape index (κ1) is 14.5. The van der Waals surface area contributed by atoms with Gasteiger partial charge in [-0.2, -0.15) is 11.8 Å². The van der Waals surface area contributed by atoms with Crippen molar-refractivity contribution in [3.05, 3.63) is 23.8 Å². The Kier molecular flexibility index (Phi) is 4.63. The quantitative estimate of drug-likeness (QED) is 0.892. The fraction of sp³-hybridized carbons (Fsp3) is 0.600. The lowest BCUT2D eigenvalue weighted by Crippen LogP contribution is -2.40. The van der Waals surface area contributed by atoms with Gasteiger partial charge in [-0.1, -0.05) is 19.9 Å². The Morgan fingerprint density at radius 1 is 1.32 bits per heavy atom. The summed E-state index contributed by atoms with van der Waals surface area (Å²) in [4.78, 5) is 2.37. The third-order valence-corrected chi connectivity index (χ3v) is 4.93. The van der Waals surface area contributed by atoms with Crippen LogP contribution in [0.15, 0.2) is 18.2 Å². The number of benzene rings is 1. The van der Waals surface area contributed by atoms with E-state index in [1.807, 2.05) is 30.9 Å². The highest BCUT2D eigenvalue weighted by Crippen LogP contribution is 2.33. The minimum absolute atomic E-state index is 0.170. The summed E-state index contributed by atoms with van der Waals surface area (Å²) in [6, 6.07) is 6.23. The predicted octanol–water partition coefficient (Wildman–Crippen LogP) is 3.00. The third kappa shape index (κ3) is 3.37. The summed E-state index contributed by atoms with van der Waals surface area (Å²) in [7, 11) is 1.91. The van der Waals surface area contributed by atoms with E-state index in [2.05, 4.69) is 37.1 Å². The minimum Gasteiger partial charge on any atom is -0.508 e. The van der Waals surface area contributed by atoms with E-state index in [1.54, 1.807) is 0 Å². The van der Waals surface area contributed by atoms with Crippen molar-refractivity contribution in [2.75, 3.05) is 25.0 Å². The molecule has 1 aliphatic rings. The maximum Gasteiger partial charge on any atom is 0.122 e. The number of hydrogen-bond donors (Lipinski definition) is 2. The Balaban J connectivity index is 2.19. The number of rotatable bonds is 3. The van der Waals surface area contributed by atoms with Crippen LogP contribution in [0.3, 0.4) is 0 Å². The fourth-order valence-corrected chi connectivity index (χ4v) is 3.96. The van der Waals surface area contributed by atoms with Gasteiger partial charge in [0.15, 0.2) is 0 Å². The van der Waals surface area contributed by atoms with E-state index < -0.39 is 0 Å². The topological polar surface area (TPSA) is 35.5 Å². The second-order valence-electron chi connectivity index (χ2n) is 5.42. The zero-order valence-corrected chi connectivity index (χ0v) is 13.0. The van der Waals surface area contributed by atoms with Crippen LogP contribution < -0.4 is 10.2 Å². The second kappa shape index (κ2) is 6.06. The maximum atomic E-state index is 10.2. The Bertz CT molecular complexity index is 428. The smallest absolute Gasteiger partial charge is 0.122 e. The second-order valence-corrected chi connectivity index (χ2v) is 7.30. The van der Waals surface area contributed by atoms with E-state index in [4.69, 9.17) is 0 Å². The molecule has 1 fully saturated rings. The summed E-state index contributed by atoms with van der Waals surface area (Å²) in [5.41, 5.74) is 2.09. The molecular weight excluding hydrogens is 256 g/mol. The average molecular weight is 280 g/mol. The van der Waals surface area contributed by atoms with E-state index in [0.717, 1.165) is 24.3 Å². The molecule has 1 aromatic rings. The van der Waals surface area contributed by atoms with Crippen molar-refractivity contribution >= 4 is 17.4 Å². The number of aromatic hydroxyl groups is 1. The lowest BCUT2D eigenvalue weighted by molar-refractivity contribution is 0.457. The van der Waals surface area contributed by atoms with E-state index in [9.17, 15) is 5.11 Å². The van der Waals surface area contributed by atoms with Crippen molar-refractivity contribution in [3.63, 3.8) is 0 Å². The lowest BCUT2D eigenvalue weighted by Gasteiger charge is -2.36. The van der Waals surface area contributed by atoms with Crippen LogP contribution in [0.4, 0.5) is 5.69 Å². The third-order valence-electron chi connectivity index (χ3n) is 3.70. The molecule has 1 aliphatic heterocycles. The highest BCUT2D eigenvalue weighted by atomic mass is 32.2. The molecule has 19 heavy (non-hydrogen) atoms. The highest BCUT2D eigenvalue weighted by molar-refractivity contribution is 8.00. The van der Waals surface area contributed by atoms with Gasteiger partial charge in [0.2, 0.25) is 0 Å². The molecule has 3 unspecified atom stereocenters. The van der Waals surface area contributed by atoms with Crippen LogP contribution in [0.1, 0.15) is 32.4 Å². The van der Waals surface area contributed by atoms with Crippen molar-refractivity contribution < 1.29 is 5.11 Å². The molecule has 0 aromatic heterocycles. The summed E-state index contributed by atoms with van der Waals surface area (Å²) in [6.45, 7) is 8.69. The zero-order chi connectivity index (χ0) is 14.0. The van der Waals surface area contributed by atoms with Crippen LogP contribution >= 0.6 is 11.8 Å². The molecule has 0 saturated carbocycles. The lowest BCUT2D eigenvalue weighted by atomic mass is 10.1. The van der Waals surface area contributed by atoms with Gasteiger partial charge in [0, 0.05) is 46.9 Å². The highest BCUT2D eigenvalue weighted by Gasteiger charge is 2.23. The number of nitrogens with zero attached hydrogens (tertiary/aromatic N) is 1. The van der Waals surface area contributed by atoms with Crippen molar-refractivity contribution in [2.45, 2.75) is 37.3 Å². The molecule has 0 amide bonds. The molecule has 3 nitrogen and oxygen atoms in total. The van der Waals surface area contributed by atoms with Gasteiger partial charge in [0.1, 0.15) is 5.75 Å². The van der Waals surface area contributed by atoms with Crippen LogP contribution in [-0.2, 0) is 0 Å². The summed E-state index contributed by atoms with van der Waals surface area (Å²) in [6.07, 6.45) is 0.